The average Bonchev–Trinajstić information content (AvgIpc) is 2.15. The van der Waals surface area contributed by atoms with Crippen LogP contribution >= 0.6 is 0 Å². The van der Waals surface area contributed by atoms with Gasteiger partial charge in [-0.3, -0.25) is 4.79 Å². The third kappa shape index (κ3) is 3.25. The van der Waals surface area contributed by atoms with Gasteiger partial charge in [-0.15, -0.1) is 0 Å². The average molecular weight is 179 g/mol. The first-order valence-corrected chi connectivity index (χ1v) is 4.20. The van der Waals surface area contributed by atoms with Gasteiger partial charge in [0.05, 0.1) is 6.54 Å². The Morgan fingerprint density at radius 1 is 1.46 bits per heavy atom. The van der Waals surface area contributed by atoms with E-state index in [9.17, 15) is 4.79 Å². The molecule has 1 rings (SSSR count). The summed E-state index contributed by atoms with van der Waals surface area (Å²) in [5.41, 5.74) is 1.10. The third-order valence-corrected chi connectivity index (χ3v) is 1.86. The Bertz CT molecular complexity index is 272. The van der Waals surface area contributed by atoms with Crippen LogP contribution in [0.25, 0.3) is 0 Å². The Balaban J connectivity index is 2.49. The van der Waals surface area contributed by atoms with Gasteiger partial charge in [0.15, 0.2) is 0 Å². The first kappa shape index (κ1) is 9.74. The topological polar surface area (TPSA) is 49.3 Å². The number of hydrogen-bond acceptors (Lipinski definition) is 2. The number of hydrogen-bond donors (Lipinski definition) is 2. The second kappa shape index (κ2) is 4.62. The van der Waals surface area contributed by atoms with Crippen molar-refractivity contribution in [2.75, 3.05) is 6.54 Å². The largest absolute Gasteiger partial charge is 0.480 e. The Morgan fingerprint density at radius 3 is 2.62 bits per heavy atom. The summed E-state index contributed by atoms with van der Waals surface area (Å²) in [6.07, 6.45) is 0. The molecule has 0 amide bonds. The molecule has 0 aliphatic rings. The summed E-state index contributed by atoms with van der Waals surface area (Å²) < 4.78 is 0. The highest BCUT2D eigenvalue weighted by atomic mass is 16.4. The van der Waals surface area contributed by atoms with Crippen LogP contribution in [0.5, 0.6) is 0 Å². The van der Waals surface area contributed by atoms with Crippen LogP contribution in [0, 0.1) is 0 Å². The highest BCUT2D eigenvalue weighted by molar-refractivity contribution is 5.69. The normalized spacial score (nSPS) is 12.4. The predicted octanol–water partition coefficient (Wildman–Crippen LogP) is 1.42. The number of aliphatic carboxylic acids is 1. The van der Waals surface area contributed by atoms with Gasteiger partial charge in [0.2, 0.25) is 0 Å². The van der Waals surface area contributed by atoms with Gasteiger partial charge in [0.1, 0.15) is 0 Å². The SMILES string of the molecule is CC(NCC(=O)O)c1ccccc1. The predicted molar refractivity (Wildman–Crippen MR) is 50.5 cm³/mol. The zero-order valence-corrected chi connectivity index (χ0v) is 7.53. The number of rotatable bonds is 4. The van der Waals surface area contributed by atoms with Gasteiger partial charge in [0, 0.05) is 6.04 Å². The molecule has 0 spiro atoms. The van der Waals surface area contributed by atoms with Crippen LogP contribution in [0.3, 0.4) is 0 Å². The molecule has 0 saturated heterocycles. The summed E-state index contributed by atoms with van der Waals surface area (Å²) in [5.74, 6) is -0.831. The van der Waals surface area contributed by atoms with Gasteiger partial charge < -0.3 is 10.4 Å². The molecule has 0 aliphatic carbocycles. The first-order valence-electron chi connectivity index (χ1n) is 4.20. The summed E-state index contributed by atoms with van der Waals surface area (Å²) in [4.78, 5) is 10.3. The van der Waals surface area contributed by atoms with Crippen LogP contribution in [-0.2, 0) is 4.79 Å². The minimum atomic E-state index is -0.831. The second-order valence-corrected chi connectivity index (χ2v) is 2.91. The molecule has 0 fully saturated rings. The summed E-state index contributed by atoms with van der Waals surface area (Å²) in [7, 11) is 0. The molecule has 2 N–H and O–H groups in total. The fourth-order valence-corrected chi connectivity index (χ4v) is 1.10. The lowest BCUT2D eigenvalue weighted by Gasteiger charge is -2.11. The van der Waals surface area contributed by atoms with Crippen LogP contribution in [0.2, 0.25) is 0 Å². The molecule has 0 saturated carbocycles. The highest BCUT2D eigenvalue weighted by Gasteiger charge is 2.04. The number of carbonyl (C=O) groups is 1. The van der Waals surface area contributed by atoms with Gasteiger partial charge >= 0.3 is 5.97 Å². The van der Waals surface area contributed by atoms with Crippen molar-refractivity contribution < 1.29 is 9.90 Å². The van der Waals surface area contributed by atoms with Crippen molar-refractivity contribution >= 4 is 5.97 Å². The van der Waals surface area contributed by atoms with E-state index >= 15 is 0 Å². The van der Waals surface area contributed by atoms with E-state index in [4.69, 9.17) is 5.11 Å². The van der Waals surface area contributed by atoms with Crippen molar-refractivity contribution in [1.29, 1.82) is 0 Å². The smallest absolute Gasteiger partial charge is 0.317 e. The number of benzene rings is 1. The Morgan fingerprint density at radius 2 is 2.08 bits per heavy atom. The molecule has 0 bridgehead atoms. The van der Waals surface area contributed by atoms with Gasteiger partial charge in [0.25, 0.3) is 0 Å². The maximum Gasteiger partial charge on any atom is 0.317 e. The van der Waals surface area contributed by atoms with E-state index in [2.05, 4.69) is 5.32 Å². The van der Waals surface area contributed by atoms with Crippen LogP contribution in [-0.4, -0.2) is 17.6 Å². The molecule has 1 aromatic rings. The standard InChI is InChI=1S/C10H13NO2/c1-8(11-7-10(12)13)9-5-3-2-4-6-9/h2-6,8,11H,7H2,1H3,(H,12,13). The minimum absolute atomic E-state index is 0.00391. The van der Waals surface area contributed by atoms with Crippen molar-refractivity contribution in [3.8, 4) is 0 Å². The lowest BCUT2D eigenvalue weighted by molar-refractivity contribution is -0.136. The fraction of sp³-hybridized carbons (Fsp3) is 0.300. The molecule has 1 aromatic carbocycles. The molecule has 0 aliphatic heterocycles. The molecule has 0 aromatic heterocycles. The van der Waals surface area contributed by atoms with E-state index in [1.807, 2.05) is 37.3 Å². The number of carboxylic acid groups (broad SMARTS) is 1. The van der Waals surface area contributed by atoms with E-state index in [0.29, 0.717) is 0 Å². The Hall–Kier alpha value is -1.35. The van der Waals surface area contributed by atoms with Crippen molar-refractivity contribution in [3.05, 3.63) is 35.9 Å². The van der Waals surface area contributed by atoms with E-state index in [1.54, 1.807) is 0 Å². The van der Waals surface area contributed by atoms with Crippen LogP contribution in [0.1, 0.15) is 18.5 Å². The molecule has 13 heavy (non-hydrogen) atoms. The molecule has 1 atom stereocenters. The lowest BCUT2D eigenvalue weighted by Crippen LogP contribution is -2.25. The van der Waals surface area contributed by atoms with E-state index < -0.39 is 5.97 Å². The van der Waals surface area contributed by atoms with Crippen molar-refractivity contribution in [3.63, 3.8) is 0 Å². The summed E-state index contributed by atoms with van der Waals surface area (Å²) >= 11 is 0. The maximum absolute atomic E-state index is 10.3. The molecule has 70 valence electrons. The molecular weight excluding hydrogens is 166 g/mol. The zero-order valence-electron chi connectivity index (χ0n) is 7.53. The quantitative estimate of drug-likeness (QED) is 0.735. The molecular formula is C10H13NO2. The Kier molecular flexibility index (Phi) is 3.46. The van der Waals surface area contributed by atoms with E-state index in [1.165, 1.54) is 0 Å². The summed E-state index contributed by atoms with van der Waals surface area (Å²) in [5, 5.41) is 11.3. The molecule has 3 nitrogen and oxygen atoms in total. The van der Waals surface area contributed by atoms with E-state index in [-0.39, 0.29) is 12.6 Å². The number of carboxylic acids is 1. The lowest BCUT2D eigenvalue weighted by atomic mass is 10.1. The first-order chi connectivity index (χ1) is 6.20. The summed E-state index contributed by atoms with van der Waals surface area (Å²) in [6, 6.07) is 9.84. The summed E-state index contributed by atoms with van der Waals surface area (Å²) in [6.45, 7) is 1.94. The van der Waals surface area contributed by atoms with Gasteiger partial charge in [-0.25, -0.2) is 0 Å². The van der Waals surface area contributed by atoms with Crippen molar-refractivity contribution in [2.45, 2.75) is 13.0 Å². The maximum atomic E-state index is 10.3. The monoisotopic (exact) mass is 179 g/mol. The Labute approximate surface area is 77.4 Å². The minimum Gasteiger partial charge on any atom is -0.480 e. The third-order valence-electron chi connectivity index (χ3n) is 1.86. The van der Waals surface area contributed by atoms with Crippen LogP contribution in [0.15, 0.2) is 30.3 Å². The fourth-order valence-electron chi connectivity index (χ4n) is 1.10. The number of nitrogens with one attached hydrogen (secondary N) is 1. The van der Waals surface area contributed by atoms with E-state index in [0.717, 1.165) is 5.56 Å². The highest BCUT2D eigenvalue weighted by Crippen LogP contribution is 2.09. The second-order valence-electron chi connectivity index (χ2n) is 2.91. The van der Waals surface area contributed by atoms with Gasteiger partial charge in [-0.1, -0.05) is 30.3 Å². The zero-order chi connectivity index (χ0) is 9.68. The van der Waals surface area contributed by atoms with Gasteiger partial charge in [-0.2, -0.15) is 0 Å². The van der Waals surface area contributed by atoms with Gasteiger partial charge in [-0.05, 0) is 12.5 Å². The molecule has 0 heterocycles. The van der Waals surface area contributed by atoms with Crippen LogP contribution < -0.4 is 5.32 Å². The van der Waals surface area contributed by atoms with Crippen LogP contribution in [0.4, 0.5) is 0 Å². The molecule has 3 heteroatoms. The van der Waals surface area contributed by atoms with Crippen molar-refractivity contribution in [2.24, 2.45) is 0 Å². The molecule has 0 radical (unpaired) electrons. The van der Waals surface area contributed by atoms with Crippen molar-refractivity contribution in [1.82, 2.24) is 5.32 Å². The molecule has 1 unspecified atom stereocenters.